The van der Waals surface area contributed by atoms with Crippen molar-refractivity contribution in [3.05, 3.63) is 64.5 Å². The van der Waals surface area contributed by atoms with Gasteiger partial charge in [-0.05, 0) is 42.1 Å². The Balaban J connectivity index is 1.32. The van der Waals surface area contributed by atoms with E-state index in [9.17, 15) is 4.79 Å². The molecule has 0 radical (unpaired) electrons. The summed E-state index contributed by atoms with van der Waals surface area (Å²) in [5.41, 5.74) is 2.66. The van der Waals surface area contributed by atoms with Gasteiger partial charge in [0.25, 0.3) is 5.91 Å². The average Bonchev–Trinajstić information content (AvgIpc) is 3.39. The lowest BCUT2D eigenvalue weighted by molar-refractivity contribution is 0.102. The first-order chi connectivity index (χ1) is 15.2. The fraction of sp³-hybridized carbons (Fsp3) is 0.227. The third-order valence-electron chi connectivity index (χ3n) is 5.02. The highest BCUT2D eigenvalue weighted by molar-refractivity contribution is 7.12. The molecule has 0 atom stereocenters. The van der Waals surface area contributed by atoms with Crippen molar-refractivity contribution in [1.82, 2.24) is 14.6 Å². The van der Waals surface area contributed by atoms with Gasteiger partial charge in [-0.3, -0.25) is 4.79 Å². The zero-order chi connectivity index (χ0) is 21.2. The van der Waals surface area contributed by atoms with Crippen LogP contribution in [0.3, 0.4) is 0 Å². The number of anilines is 2. The number of aryl methyl sites for hydroxylation is 1. The molecule has 1 aliphatic rings. The van der Waals surface area contributed by atoms with E-state index in [0.717, 1.165) is 37.6 Å². The summed E-state index contributed by atoms with van der Waals surface area (Å²) in [7, 11) is 0. The molecule has 4 aromatic rings. The van der Waals surface area contributed by atoms with Crippen molar-refractivity contribution in [2.45, 2.75) is 6.92 Å². The van der Waals surface area contributed by atoms with Gasteiger partial charge in [-0.2, -0.15) is 0 Å². The van der Waals surface area contributed by atoms with Crippen LogP contribution in [0.25, 0.3) is 5.65 Å². The number of nitrogens with zero attached hydrogens (tertiary/aromatic N) is 4. The molecule has 0 bridgehead atoms. The van der Waals surface area contributed by atoms with Gasteiger partial charge in [0, 0.05) is 30.9 Å². The summed E-state index contributed by atoms with van der Waals surface area (Å²) >= 11 is 1.41. The van der Waals surface area contributed by atoms with Crippen LogP contribution in [0.1, 0.15) is 15.2 Å². The number of hydrogen-bond acceptors (Lipinski definition) is 7. The number of thiophene rings is 1. The van der Waals surface area contributed by atoms with Crippen LogP contribution in [0, 0.1) is 6.92 Å². The second kappa shape index (κ2) is 8.37. The Hall–Kier alpha value is -3.43. The van der Waals surface area contributed by atoms with Crippen LogP contribution in [0.15, 0.2) is 54.0 Å². The van der Waals surface area contributed by atoms with Crippen molar-refractivity contribution < 1.29 is 14.3 Å². The number of imidazole rings is 1. The number of rotatable bonds is 5. The second-order valence-corrected chi connectivity index (χ2v) is 8.10. The molecule has 158 valence electrons. The SMILES string of the molecule is Cc1ccsc1C(=O)Nc1cn2nc(Oc3cccc(N4CCOCC4)c3)ccc2n1. The Morgan fingerprint density at radius 3 is 2.87 bits per heavy atom. The number of amides is 1. The van der Waals surface area contributed by atoms with E-state index >= 15 is 0 Å². The molecule has 9 heteroatoms. The van der Waals surface area contributed by atoms with Crippen LogP contribution >= 0.6 is 11.3 Å². The minimum Gasteiger partial charge on any atom is -0.438 e. The number of carbonyl (C=O) groups is 1. The van der Waals surface area contributed by atoms with E-state index in [-0.39, 0.29) is 5.91 Å². The minimum atomic E-state index is -0.174. The smallest absolute Gasteiger partial charge is 0.267 e. The lowest BCUT2D eigenvalue weighted by Gasteiger charge is -2.29. The largest absolute Gasteiger partial charge is 0.438 e. The molecule has 1 saturated heterocycles. The summed E-state index contributed by atoms with van der Waals surface area (Å²) in [6, 6.07) is 13.4. The van der Waals surface area contributed by atoms with E-state index in [2.05, 4.69) is 26.4 Å². The van der Waals surface area contributed by atoms with E-state index < -0.39 is 0 Å². The molecule has 5 rings (SSSR count). The van der Waals surface area contributed by atoms with Crippen LogP contribution in [0.4, 0.5) is 11.5 Å². The average molecular weight is 436 g/mol. The first kappa shape index (κ1) is 19.5. The Kier molecular flexibility index (Phi) is 5.27. The molecule has 4 heterocycles. The molecule has 0 saturated carbocycles. The number of ether oxygens (including phenoxy) is 2. The maximum atomic E-state index is 12.4. The molecule has 1 N–H and O–H groups in total. The Labute approximate surface area is 183 Å². The predicted octanol–water partition coefficient (Wildman–Crippen LogP) is 3.98. The second-order valence-electron chi connectivity index (χ2n) is 7.19. The predicted molar refractivity (Wildman–Crippen MR) is 120 cm³/mol. The summed E-state index contributed by atoms with van der Waals surface area (Å²) < 4.78 is 13.0. The first-order valence-corrected chi connectivity index (χ1v) is 10.9. The van der Waals surface area contributed by atoms with Crippen molar-refractivity contribution in [3.63, 3.8) is 0 Å². The quantitative estimate of drug-likeness (QED) is 0.511. The van der Waals surface area contributed by atoms with Gasteiger partial charge in [-0.25, -0.2) is 9.50 Å². The number of morpholine rings is 1. The van der Waals surface area contributed by atoms with Gasteiger partial charge in [-0.15, -0.1) is 16.4 Å². The number of benzene rings is 1. The third kappa shape index (κ3) is 4.23. The van der Waals surface area contributed by atoms with E-state index in [1.165, 1.54) is 11.3 Å². The van der Waals surface area contributed by atoms with Gasteiger partial charge < -0.3 is 19.7 Å². The molecular formula is C22H21N5O3S. The lowest BCUT2D eigenvalue weighted by atomic mass is 10.2. The van der Waals surface area contributed by atoms with E-state index in [4.69, 9.17) is 9.47 Å². The highest BCUT2D eigenvalue weighted by Crippen LogP contribution is 2.26. The van der Waals surface area contributed by atoms with Gasteiger partial charge in [0.1, 0.15) is 5.75 Å². The van der Waals surface area contributed by atoms with Crippen molar-refractivity contribution in [3.8, 4) is 11.6 Å². The van der Waals surface area contributed by atoms with E-state index in [0.29, 0.717) is 28.0 Å². The van der Waals surface area contributed by atoms with E-state index in [1.54, 1.807) is 22.8 Å². The zero-order valence-corrected chi connectivity index (χ0v) is 17.8. The number of carbonyl (C=O) groups excluding carboxylic acids is 1. The zero-order valence-electron chi connectivity index (χ0n) is 16.9. The molecule has 1 amide bonds. The van der Waals surface area contributed by atoms with Gasteiger partial charge in [-0.1, -0.05) is 6.07 Å². The molecule has 31 heavy (non-hydrogen) atoms. The maximum absolute atomic E-state index is 12.4. The molecular weight excluding hydrogens is 414 g/mol. The normalized spacial score (nSPS) is 14.0. The van der Waals surface area contributed by atoms with Crippen LogP contribution < -0.4 is 15.0 Å². The molecule has 1 fully saturated rings. The Morgan fingerprint density at radius 2 is 2.06 bits per heavy atom. The summed E-state index contributed by atoms with van der Waals surface area (Å²) in [6.07, 6.45) is 1.67. The van der Waals surface area contributed by atoms with Gasteiger partial charge >= 0.3 is 0 Å². The lowest BCUT2D eigenvalue weighted by Crippen LogP contribution is -2.36. The first-order valence-electron chi connectivity index (χ1n) is 9.98. The fourth-order valence-corrected chi connectivity index (χ4v) is 4.26. The summed E-state index contributed by atoms with van der Waals surface area (Å²) in [4.78, 5) is 19.8. The van der Waals surface area contributed by atoms with Crippen LogP contribution in [-0.4, -0.2) is 46.8 Å². The van der Waals surface area contributed by atoms with Crippen LogP contribution in [-0.2, 0) is 4.74 Å². The molecule has 0 aliphatic carbocycles. The van der Waals surface area contributed by atoms with Crippen molar-refractivity contribution >= 4 is 34.4 Å². The molecule has 8 nitrogen and oxygen atoms in total. The molecule has 1 aliphatic heterocycles. The number of aromatic nitrogens is 3. The topological polar surface area (TPSA) is 81.0 Å². The molecule has 0 spiro atoms. The molecule has 1 aromatic carbocycles. The number of nitrogens with one attached hydrogen (secondary N) is 1. The third-order valence-corrected chi connectivity index (χ3v) is 6.04. The summed E-state index contributed by atoms with van der Waals surface area (Å²) in [5.74, 6) is 1.41. The molecule has 3 aromatic heterocycles. The standard InChI is InChI=1S/C22H21N5O3S/c1-15-7-12-31-21(15)22(28)24-18-14-27-19(23-18)5-6-20(25-27)30-17-4-2-3-16(13-17)26-8-10-29-11-9-26/h2-7,12-14H,8-11H2,1H3,(H,24,28). The van der Waals surface area contributed by atoms with Gasteiger partial charge in [0.05, 0.1) is 24.3 Å². The van der Waals surface area contributed by atoms with Gasteiger partial charge in [0.15, 0.2) is 11.5 Å². The highest BCUT2D eigenvalue weighted by Gasteiger charge is 2.14. The Bertz CT molecular complexity index is 1230. The van der Waals surface area contributed by atoms with E-state index in [1.807, 2.05) is 36.6 Å². The number of fused-ring (bicyclic) bond motifs is 1. The van der Waals surface area contributed by atoms with Crippen molar-refractivity contribution in [2.75, 3.05) is 36.5 Å². The fourth-order valence-electron chi connectivity index (χ4n) is 3.44. The summed E-state index contributed by atoms with van der Waals surface area (Å²) in [6.45, 7) is 5.10. The number of hydrogen-bond donors (Lipinski definition) is 1. The monoisotopic (exact) mass is 435 g/mol. The van der Waals surface area contributed by atoms with Crippen LogP contribution in [0.2, 0.25) is 0 Å². The minimum absolute atomic E-state index is 0.174. The highest BCUT2D eigenvalue weighted by atomic mass is 32.1. The van der Waals surface area contributed by atoms with Crippen molar-refractivity contribution in [1.29, 1.82) is 0 Å². The summed E-state index contributed by atoms with van der Waals surface area (Å²) in [5, 5.41) is 9.20. The maximum Gasteiger partial charge on any atom is 0.267 e. The Morgan fingerprint density at radius 1 is 1.19 bits per heavy atom. The molecule has 0 unspecified atom stereocenters. The van der Waals surface area contributed by atoms with Crippen molar-refractivity contribution in [2.24, 2.45) is 0 Å². The van der Waals surface area contributed by atoms with Crippen LogP contribution in [0.5, 0.6) is 11.6 Å². The van der Waals surface area contributed by atoms with Gasteiger partial charge in [0.2, 0.25) is 5.88 Å².